The van der Waals surface area contributed by atoms with Crippen molar-refractivity contribution in [3.05, 3.63) is 65.2 Å². The molecule has 0 saturated heterocycles. The number of nitrogens with one attached hydrogen (secondary N) is 2. The molecule has 0 unspecified atom stereocenters. The monoisotopic (exact) mass is 428 g/mol. The normalized spacial score (nSPS) is 10.8. The molecule has 6 heteroatoms. The number of pyridine rings is 1. The number of hydrogen-bond acceptors (Lipinski definition) is 2. The van der Waals surface area contributed by atoms with E-state index in [1.54, 1.807) is 12.3 Å². The molecule has 0 bridgehead atoms. The van der Waals surface area contributed by atoms with Crippen molar-refractivity contribution in [3.8, 4) is 0 Å². The fourth-order valence-corrected chi connectivity index (χ4v) is 2.01. The van der Waals surface area contributed by atoms with Crippen molar-refractivity contribution in [2.75, 3.05) is 6.54 Å². The topological polar surface area (TPSA) is 49.3 Å². The van der Waals surface area contributed by atoms with Crippen molar-refractivity contribution in [3.63, 3.8) is 0 Å². The van der Waals surface area contributed by atoms with Crippen LogP contribution in [-0.2, 0) is 13.1 Å². The highest BCUT2D eigenvalue weighted by atomic mass is 127. The van der Waals surface area contributed by atoms with Gasteiger partial charge in [0.25, 0.3) is 0 Å². The maximum absolute atomic E-state index is 13.6. The SMILES string of the molecule is CCNC(=NCc1ccccc1C)NCc1ncccc1F.I. The highest BCUT2D eigenvalue weighted by Crippen LogP contribution is 2.08. The van der Waals surface area contributed by atoms with Crippen LogP contribution >= 0.6 is 24.0 Å². The maximum Gasteiger partial charge on any atom is 0.191 e. The molecule has 0 radical (unpaired) electrons. The van der Waals surface area contributed by atoms with Crippen molar-refractivity contribution in [2.45, 2.75) is 26.9 Å². The number of rotatable bonds is 5. The van der Waals surface area contributed by atoms with E-state index in [1.165, 1.54) is 17.2 Å². The molecule has 1 aromatic carbocycles. The van der Waals surface area contributed by atoms with Crippen LogP contribution in [-0.4, -0.2) is 17.5 Å². The van der Waals surface area contributed by atoms with Gasteiger partial charge in [-0.05, 0) is 37.1 Å². The van der Waals surface area contributed by atoms with E-state index >= 15 is 0 Å². The molecule has 23 heavy (non-hydrogen) atoms. The van der Waals surface area contributed by atoms with Crippen molar-refractivity contribution in [1.29, 1.82) is 0 Å². The molecule has 2 aromatic rings. The fourth-order valence-electron chi connectivity index (χ4n) is 2.01. The molecule has 0 fully saturated rings. The molecule has 0 spiro atoms. The number of aromatic nitrogens is 1. The Morgan fingerprint density at radius 1 is 1.17 bits per heavy atom. The van der Waals surface area contributed by atoms with E-state index in [1.807, 2.05) is 19.1 Å². The van der Waals surface area contributed by atoms with E-state index in [9.17, 15) is 4.39 Å². The van der Waals surface area contributed by atoms with Crippen LogP contribution in [0.1, 0.15) is 23.7 Å². The first kappa shape index (κ1) is 19.3. The van der Waals surface area contributed by atoms with Crippen molar-refractivity contribution < 1.29 is 4.39 Å². The minimum atomic E-state index is -0.315. The van der Waals surface area contributed by atoms with Crippen molar-refractivity contribution >= 4 is 29.9 Å². The van der Waals surface area contributed by atoms with E-state index in [-0.39, 0.29) is 29.8 Å². The lowest BCUT2D eigenvalue weighted by atomic mass is 10.1. The number of aryl methyl sites for hydroxylation is 1. The second-order valence-electron chi connectivity index (χ2n) is 4.91. The summed E-state index contributed by atoms with van der Waals surface area (Å²) in [6, 6.07) is 11.1. The number of benzene rings is 1. The Morgan fingerprint density at radius 2 is 1.96 bits per heavy atom. The molecular formula is C17H22FIN4. The van der Waals surface area contributed by atoms with Crippen LogP contribution in [0.3, 0.4) is 0 Å². The van der Waals surface area contributed by atoms with Gasteiger partial charge in [0, 0.05) is 12.7 Å². The molecule has 0 aliphatic rings. The summed E-state index contributed by atoms with van der Waals surface area (Å²) in [4.78, 5) is 8.56. The third kappa shape index (κ3) is 6.13. The quantitative estimate of drug-likeness (QED) is 0.436. The third-order valence-electron chi connectivity index (χ3n) is 3.27. The van der Waals surface area contributed by atoms with Crippen molar-refractivity contribution in [1.82, 2.24) is 15.6 Å². The Labute approximate surface area is 153 Å². The zero-order valence-electron chi connectivity index (χ0n) is 13.3. The van der Waals surface area contributed by atoms with Crippen LogP contribution in [0.15, 0.2) is 47.6 Å². The van der Waals surface area contributed by atoms with Crippen LogP contribution in [0.2, 0.25) is 0 Å². The first-order valence-electron chi connectivity index (χ1n) is 7.36. The molecule has 0 amide bonds. The number of nitrogens with zero attached hydrogens (tertiary/aromatic N) is 2. The molecule has 4 nitrogen and oxygen atoms in total. The fraction of sp³-hybridized carbons (Fsp3) is 0.294. The van der Waals surface area contributed by atoms with Crippen LogP contribution in [0.25, 0.3) is 0 Å². The van der Waals surface area contributed by atoms with Gasteiger partial charge in [-0.1, -0.05) is 24.3 Å². The Morgan fingerprint density at radius 3 is 2.65 bits per heavy atom. The first-order valence-corrected chi connectivity index (χ1v) is 7.36. The summed E-state index contributed by atoms with van der Waals surface area (Å²) in [6.45, 7) is 5.67. The van der Waals surface area contributed by atoms with E-state index in [2.05, 4.69) is 39.7 Å². The molecule has 2 N–H and O–H groups in total. The molecule has 0 atom stereocenters. The summed E-state index contributed by atoms with van der Waals surface area (Å²) in [5, 5.41) is 6.25. The first-order chi connectivity index (χ1) is 10.7. The molecule has 0 aliphatic carbocycles. The van der Waals surface area contributed by atoms with Gasteiger partial charge in [0.05, 0.1) is 18.8 Å². The van der Waals surface area contributed by atoms with Crippen molar-refractivity contribution in [2.24, 2.45) is 4.99 Å². The third-order valence-corrected chi connectivity index (χ3v) is 3.27. The lowest BCUT2D eigenvalue weighted by molar-refractivity contribution is 0.592. The van der Waals surface area contributed by atoms with Crippen LogP contribution in [0.5, 0.6) is 0 Å². The van der Waals surface area contributed by atoms with E-state index in [0.29, 0.717) is 24.7 Å². The number of halogens is 2. The predicted molar refractivity (Wildman–Crippen MR) is 102 cm³/mol. The van der Waals surface area contributed by atoms with Gasteiger partial charge in [0.2, 0.25) is 0 Å². The van der Waals surface area contributed by atoms with E-state index < -0.39 is 0 Å². The highest BCUT2D eigenvalue weighted by molar-refractivity contribution is 14.0. The molecule has 0 saturated carbocycles. The van der Waals surface area contributed by atoms with Gasteiger partial charge in [0.1, 0.15) is 5.82 Å². The summed E-state index contributed by atoms with van der Waals surface area (Å²) in [5.74, 6) is 0.334. The minimum Gasteiger partial charge on any atom is -0.357 e. The number of hydrogen-bond donors (Lipinski definition) is 2. The molecule has 1 heterocycles. The Bertz CT molecular complexity index is 646. The lowest BCUT2D eigenvalue weighted by Crippen LogP contribution is -2.37. The highest BCUT2D eigenvalue weighted by Gasteiger charge is 2.04. The molecule has 1 aromatic heterocycles. The molecule has 2 rings (SSSR count). The summed E-state index contributed by atoms with van der Waals surface area (Å²) in [5.41, 5.74) is 2.76. The average molecular weight is 428 g/mol. The predicted octanol–water partition coefficient (Wildman–Crippen LogP) is 3.40. The van der Waals surface area contributed by atoms with Gasteiger partial charge in [-0.25, -0.2) is 9.38 Å². The standard InChI is InChI=1S/C17H21FN4.HI/c1-3-19-17(21-11-14-8-5-4-7-13(14)2)22-12-16-15(18)9-6-10-20-16;/h4-10H,3,11-12H2,1-2H3,(H2,19,21,22);1H. The summed E-state index contributed by atoms with van der Waals surface area (Å²) in [6.07, 6.45) is 1.58. The second-order valence-corrected chi connectivity index (χ2v) is 4.91. The Balaban J connectivity index is 0.00000264. The zero-order chi connectivity index (χ0) is 15.8. The number of aliphatic imine (C=N–C) groups is 1. The summed E-state index contributed by atoms with van der Waals surface area (Å²) < 4.78 is 13.6. The Hall–Kier alpha value is -1.70. The van der Waals surface area contributed by atoms with Gasteiger partial charge in [-0.3, -0.25) is 4.98 Å². The summed E-state index contributed by atoms with van der Waals surface area (Å²) in [7, 11) is 0. The van der Waals surface area contributed by atoms with E-state index in [0.717, 1.165) is 6.54 Å². The van der Waals surface area contributed by atoms with Crippen LogP contribution in [0.4, 0.5) is 4.39 Å². The van der Waals surface area contributed by atoms with Gasteiger partial charge < -0.3 is 10.6 Å². The second kappa shape index (κ2) is 10.1. The smallest absolute Gasteiger partial charge is 0.191 e. The number of guanidine groups is 1. The Kier molecular flexibility index (Phi) is 8.53. The van der Waals surface area contributed by atoms with Crippen LogP contribution < -0.4 is 10.6 Å². The lowest BCUT2D eigenvalue weighted by Gasteiger charge is -2.11. The minimum absolute atomic E-state index is 0. The average Bonchev–Trinajstić information content (AvgIpc) is 2.53. The van der Waals surface area contributed by atoms with Gasteiger partial charge in [-0.15, -0.1) is 24.0 Å². The molecular weight excluding hydrogens is 406 g/mol. The van der Waals surface area contributed by atoms with Gasteiger partial charge in [-0.2, -0.15) is 0 Å². The molecule has 0 aliphatic heterocycles. The maximum atomic E-state index is 13.6. The van der Waals surface area contributed by atoms with Gasteiger partial charge in [0.15, 0.2) is 5.96 Å². The van der Waals surface area contributed by atoms with Gasteiger partial charge >= 0.3 is 0 Å². The van der Waals surface area contributed by atoms with Crippen LogP contribution in [0, 0.1) is 12.7 Å². The zero-order valence-corrected chi connectivity index (χ0v) is 15.7. The molecule has 124 valence electrons. The van der Waals surface area contributed by atoms with E-state index in [4.69, 9.17) is 0 Å². The largest absolute Gasteiger partial charge is 0.357 e. The summed E-state index contributed by atoms with van der Waals surface area (Å²) >= 11 is 0.